The lowest BCUT2D eigenvalue weighted by Crippen LogP contribution is -2.39. The Morgan fingerprint density at radius 3 is 2.43 bits per heavy atom. The first kappa shape index (κ1) is 16.5. The summed E-state index contributed by atoms with van der Waals surface area (Å²) in [4.78, 5) is 4.89. The molecule has 0 bridgehead atoms. The van der Waals surface area contributed by atoms with Crippen LogP contribution >= 0.6 is 0 Å². The van der Waals surface area contributed by atoms with Gasteiger partial charge in [0.1, 0.15) is 0 Å². The molecule has 1 heterocycles. The molecule has 1 N–H and O–H groups in total. The Morgan fingerprint density at radius 2 is 1.81 bits per heavy atom. The largest absolute Gasteiger partial charge is 0.388 e. The van der Waals surface area contributed by atoms with E-state index in [9.17, 15) is 5.11 Å². The number of likely N-dealkylation sites (N-methyl/N-ethyl adjacent to an activating group) is 1. The molecule has 0 amide bonds. The van der Waals surface area contributed by atoms with Crippen LogP contribution in [0.2, 0.25) is 0 Å². The first-order valence-electron chi connectivity index (χ1n) is 8.13. The van der Waals surface area contributed by atoms with E-state index < -0.39 is 6.10 Å². The van der Waals surface area contributed by atoms with Crippen LogP contribution in [0.1, 0.15) is 38.4 Å². The van der Waals surface area contributed by atoms with Crippen molar-refractivity contribution in [2.24, 2.45) is 5.41 Å². The lowest BCUT2D eigenvalue weighted by atomic mass is 9.82. The summed E-state index contributed by atoms with van der Waals surface area (Å²) in [5, 5.41) is 10.6. The van der Waals surface area contributed by atoms with Gasteiger partial charge in [-0.05, 0) is 38.5 Å². The Kier molecular flexibility index (Phi) is 5.80. The number of aliphatic hydroxyl groups is 1. The topological polar surface area (TPSA) is 26.7 Å². The molecule has 21 heavy (non-hydrogen) atoms. The molecular weight excluding hydrogens is 260 g/mol. The number of nitrogens with zero attached hydrogens (tertiary/aromatic N) is 2. The van der Waals surface area contributed by atoms with Crippen molar-refractivity contribution in [2.75, 3.05) is 39.8 Å². The van der Waals surface area contributed by atoms with Crippen LogP contribution < -0.4 is 0 Å². The average Bonchev–Trinajstić information content (AvgIpc) is 2.98. The van der Waals surface area contributed by atoms with Gasteiger partial charge in [0.2, 0.25) is 0 Å². The fraction of sp³-hybridized carbons (Fsp3) is 0.667. The molecule has 3 nitrogen and oxygen atoms in total. The maximum Gasteiger partial charge on any atom is 0.0853 e. The van der Waals surface area contributed by atoms with Crippen molar-refractivity contribution in [3.05, 3.63) is 35.9 Å². The van der Waals surface area contributed by atoms with E-state index in [2.05, 4.69) is 30.7 Å². The zero-order valence-electron chi connectivity index (χ0n) is 13.8. The standard InChI is InChI=1S/C18H30N2O/c1-18(2,17(21)16-9-5-4-6-10-16)15-19(3)13-14-20-11-7-8-12-20/h4-6,9-10,17,21H,7-8,11-15H2,1-3H3. The monoisotopic (exact) mass is 290 g/mol. The van der Waals surface area contributed by atoms with Crippen molar-refractivity contribution in [1.82, 2.24) is 9.80 Å². The third-order valence-corrected chi connectivity index (χ3v) is 4.53. The van der Waals surface area contributed by atoms with Gasteiger partial charge in [-0.1, -0.05) is 44.2 Å². The summed E-state index contributed by atoms with van der Waals surface area (Å²) in [5.74, 6) is 0. The number of benzene rings is 1. The second-order valence-electron chi connectivity index (χ2n) is 7.09. The van der Waals surface area contributed by atoms with Gasteiger partial charge >= 0.3 is 0 Å². The first-order valence-corrected chi connectivity index (χ1v) is 8.13. The van der Waals surface area contributed by atoms with Gasteiger partial charge in [0.25, 0.3) is 0 Å². The second kappa shape index (κ2) is 7.39. The lowest BCUT2D eigenvalue weighted by Gasteiger charge is -2.35. The van der Waals surface area contributed by atoms with E-state index in [1.165, 1.54) is 25.9 Å². The molecule has 1 aromatic rings. The van der Waals surface area contributed by atoms with E-state index in [4.69, 9.17) is 0 Å². The quantitative estimate of drug-likeness (QED) is 0.836. The minimum atomic E-state index is -0.423. The lowest BCUT2D eigenvalue weighted by molar-refractivity contribution is 0.0246. The van der Waals surface area contributed by atoms with Crippen molar-refractivity contribution in [1.29, 1.82) is 0 Å². The first-order chi connectivity index (χ1) is 9.99. The number of rotatable bonds is 7. The fourth-order valence-corrected chi connectivity index (χ4v) is 3.27. The minimum absolute atomic E-state index is 0.152. The number of hydrogen-bond acceptors (Lipinski definition) is 3. The van der Waals surface area contributed by atoms with E-state index in [1.807, 2.05) is 30.3 Å². The van der Waals surface area contributed by atoms with E-state index in [1.54, 1.807) is 0 Å². The van der Waals surface area contributed by atoms with Crippen LogP contribution in [-0.4, -0.2) is 54.7 Å². The Labute approximate surface area is 129 Å². The highest BCUT2D eigenvalue weighted by atomic mass is 16.3. The number of likely N-dealkylation sites (tertiary alicyclic amines) is 1. The Morgan fingerprint density at radius 1 is 1.19 bits per heavy atom. The minimum Gasteiger partial charge on any atom is -0.388 e. The van der Waals surface area contributed by atoms with Gasteiger partial charge in [0.15, 0.2) is 0 Å². The van der Waals surface area contributed by atoms with Gasteiger partial charge in [-0.3, -0.25) is 0 Å². The second-order valence-corrected chi connectivity index (χ2v) is 7.09. The van der Waals surface area contributed by atoms with Gasteiger partial charge in [0, 0.05) is 25.0 Å². The van der Waals surface area contributed by atoms with Gasteiger partial charge < -0.3 is 14.9 Å². The maximum absolute atomic E-state index is 10.6. The molecule has 118 valence electrons. The number of hydrogen-bond donors (Lipinski definition) is 1. The Balaban J connectivity index is 1.84. The summed E-state index contributed by atoms with van der Waals surface area (Å²) in [6.45, 7) is 9.93. The van der Waals surface area contributed by atoms with Crippen molar-refractivity contribution in [2.45, 2.75) is 32.8 Å². The molecule has 2 rings (SSSR count). The normalized spacial score (nSPS) is 18.3. The van der Waals surface area contributed by atoms with Crippen LogP contribution in [0.3, 0.4) is 0 Å². The van der Waals surface area contributed by atoms with Gasteiger partial charge in [-0.2, -0.15) is 0 Å². The van der Waals surface area contributed by atoms with E-state index in [-0.39, 0.29) is 5.41 Å². The molecule has 0 aromatic heterocycles. The predicted molar refractivity (Wildman–Crippen MR) is 88.4 cm³/mol. The van der Waals surface area contributed by atoms with Crippen LogP contribution in [0.25, 0.3) is 0 Å². The maximum atomic E-state index is 10.6. The summed E-state index contributed by atoms with van der Waals surface area (Å²) < 4.78 is 0. The summed E-state index contributed by atoms with van der Waals surface area (Å²) in [7, 11) is 2.16. The van der Waals surface area contributed by atoms with E-state index >= 15 is 0 Å². The van der Waals surface area contributed by atoms with Crippen LogP contribution in [0.5, 0.6) is 0 Å². The molecule has 1 aromatic carbocycles. The Hall–Kier alpha value is -0.900. The SMILES string of the molecule is CN(CCN1CCCC1)CC(C)(C)C(O)c1ccccc1. The molecule has 1 fully saturated rings. The molecule has 1 aliphatic rings. The molecule has 1 aliphatic heterocycles. The van der Waals surface area contributed by atoms with Gasteiger partial charge in [-0.15, -0.1) is 0 Å². The third kappa shape index (κ3) is 4.80. The summed E-state index contributed by atoms with van der Waals surface area (Å²) in [5.41, 5.74) is 0.858. The van der Waals surface area contributed by atoms with Crippen molar-refractivity contribution in [3.8, 4) is 0 Å². The van der Waals surface area contributed by atoms with Crippen molar-refractivity contribution < 1.29 is 5.11 Å². The molecule has 0 saturated carbocycles. The zero-order chi connectivity index (χ0) is 15.3. The van der Waals surface area contributed by atoms with Crippen molar-refractivity contribution >= 4 is 0 Å². The highest BCUT2D eigenvalue weighted by Gasteiger charge is 2.30. The third-order valence-electron chi connectivity index (χ3n) is 4.53. The highest BCUT2D eigenvalue weighted by molar-refractivity contribution is 5.19. The molecule has 1 unspecified atom stereocenters. The molecule has 3 heteroatoms. The van der Waals surface area contributed by atoms with Crippen LogP contribution in [-0.2, 0) is 0 Å². The molecule has 0 radical (unpaired) electrons. The van der Waals surface area contributed by atoms with Crippen LogP contribution in [0.15, 0.2) is 30.3 Å². The van der Waals surface area contributed by atoms with Crippen molar-refractivity contribution in [3.63, 3.8) is 0 Å². The molecule has 1 saturated heterocycles. The number of aliphatic hydroxyl groups excluding tert-OH is 1. The summed E-state index contributed by atoms with van der Waals surface area (Å²) in [6.07, 6.45) is 2.28. The predicted octanol–water partition coefficient (Wildman–Crippen LogP) is 2.77. The molecule has 0 aliphatic carbocycles. The average molecular weight is 290 g/mol. The highest BCUT2D eigenvalue weighted by Crippen LogP contribution is 2.33. The Bertz CT molecular complexity index is 412. The van der Waals surface area contributed by atoms with Gasteiger partial charge in [0.05, 0.1) is 6.10 Å². The summed E-state index contributed by atoms with van der Waals surface area (Å²) >= 11 is 0. The van der Waals surface area contributed by atoms with Crippen LogP contribution in [0.4, 0.5) is 0 Å². The van der Waals surface area contributed by atoms with E-state index in [0.29, 0.717) is 0 Å². The molecular formula is C18H30N2O. The molecule has 0 spiro atoms. The fourth-order valence-electron chi connectivity index (χ4n) is 3.27. The van der Waals surface area contributed by atoms with Gasteiger partial charge in [-0.25, -0.2) is 0 Å². The van der Waals surface area contributed by atoms with E-state index in [0.717, 1.165) is 25.2 Å². The molecule has 1 atom stereocenters. The smallest absolute Gasteiger partial charge is 0.0853 e. The van der Waals surface area contributed by atoms with Crippen LogP contribution in [0, 0.1) is 5.41 Å². The zero-order valence-corrected chi connectivity index (χ0v) is 13.8. The summed E-state index contributed by atoms with van der Waals surface area (Å²) in [6, 6.07) is 10.00.